The third-order valence-electron chi connectivity index (χ3n) is 18.5. The van der Waals surface area contributed by atoms with E-state index in [-0.39, 0.29) is 18.9 Å². The molecular formula is C81H143NO13. The van der Waals surface area contributed by atoms with Crippen LogP contribution in [0.1, 0.15) is 316 Å². The van der Waals surface area contributed by atoms with Crippen LogP contribution in [0.2, 0.25) is 0 Å². The Morgan fingerprint density at radius 1 is 0.389 bits per heavy atom. The highest BCUT2D eigenvalue weighted by atomic mass is 16.7. The van der Waals surface area contributed by atoms with Crippen LogP contribution in [0, 0.1) is 0 Å². The van der Waals surface area contributed by atoms with Crippen molar-refractivity contribution in [2.24, 2.45) is 0 Å². The minimum atomic E-state index is -1.80. The van der Waals surface area contributed by atoms with E-state index in [2.05, 4.69) is 104 Å². The van der Waals surface area contributed by atoms with Crippen molar-refractivity contribution in [3.05, 3.63) is 97.2 Å². The monoisotopic (exact) mass is 1340 g/mol. The molecule has 550 valence electrons. The molecule has 12 unspecified atom stereocenters. The zero-order valence-electron chi connectivity index (χ0n) is 60.1. The van der Waals surface area contributed by atoms with Gasteiger partial charge in [0.15, 0.2) is 12.6 Å². The number of nitrogens with one attached hydrogen (secondary N) is 1. The summed E-state index contributed by atoms with van der Waals surface area (Å²) in [7, 11) is 0. The largest absolute Gasteiger partial charge is 0.394 e. The number of carbonyl (C=O) groups excluding carboxylic acids is 1. The van der Waals surface area contributed by atoms with E-state index >= 15 is 0 Å². The molecule has 14 nitrogen and oxygen atoms in total. The van der Waals surface area contributed by atoms with Crippen molar-refractivity contribution in [2.75, 3.05) is 19.8 Å². The van der Waals surface area contributed by atoms with E-state index in [0.29, 0.717) is 12.8 Å². The molecule has 14 heteroatoms. The van der Waals surface area contributed by atoms with E-state index < -0.39 is 86.8 Å². The van der Waals surface area contributed by atoms with Gasteiger partial charge in [-0.2, -0.15) is 0 Å². The van der Waals surface area contributed by atoms with E-state index in [0.717, 1.165) is 70.6 Å². The summed E-state index contributed by atoms with van der Waals surface area (Å²) in [4.78, 5) is 13.4. The van der Waals surface area contributed by atoms with Gasteiger partial charge in [-0.3, -0.25) is 4.79 Å². The van der Waals surface area contributed by atoms with Crippen molar-refractivity contribution in [2.45, 2.75) is 389 Å². The molecule has 12 atom stereocenters. The first-order valence-corrected chi connectivity index (χ1v) is 39.0. The fraction of sp³-hybridized carbons (Fsp3) is 0.790. The Morgan fingerprint density at radius 3 is 1.16 bits per heavy atom. The number of aliphatic hydroxyl groups excluding tert-OH is 8. The highest BCUT2D eigenvalue weighted by Gasteiger charge is 2.51. The number of rotatable bonds is 64. The van der Waals surface area contributed by atoms with Crippen LogP contribution in [0.5, 0.6) is 0 Å². The number of allylic oxidation sites excluding steroid dienone is 15. The minimum absolute atomic E-state index is 0.248. The summed E-state index contributed by atoms with van der Waals surface area (Å²) in [6, 6.07) is -0.938. The topological polar surface area (TPSA) is 228 Å². The Bertz CT molecular complexity index is 1970. The molecule has 0 aromatic heterocycles. The van der Waals surface area contributed by atoms with Crippen LogP contribution >= 0.6 is 0 Å². The molecule has 2 rings (SSSR count). The van der Waals surface area contributed by atoms with Gasteiger partial charge < -0.3 is 65.1 Å². The second-order valence-electron chi connectivity index (χ2n) is 27.1. The Labute approximate surface area is 579 Å². The maximum atomic E-state index is 13.4. The first-order valence-electron chi connectivity index (χ1n) is 39.0. The molecule has 2 aliphatic heterocycles. The molecule has 0 aliphatic carbocycles. The molecule has 0 saturated carbocycles. The number of ether oxygens (including phenoxy) is 4. The van der Waals surface area contributed by atoms with Crippen LogP contribution in [-0.4, -0.2) is 140 Å². The van der Waals surface area contributed by atoms with Gasteiger partial charge in [0.2, 0.25) is 5.91 Å². The third-order valence-corrected chi connectivity index (χ3v) is 18.5. The number of carbonyl (C=O) groups is 1. The van der Waals surface area contributed by atoms with Crippen molar-refractivity contribution in [3.8, 4) is 0 Å². The van der Waals surface area contributed by atoms with E-state index in [1.165, 1.54) is 212 Å². The summed E-state index contributed by atoms with van der Waals surface area (Å²) in [6.45, 7) is 2.70. The average Bonchev–Trinajstić information content (AvgIpc) is 0.800. The van der Waals surface area contributed by atoms with Gasteiger partial charge in [-0.15, -0.1) is 0 Å². The molecule has 0 radical (unpaired) electrons. The van der Waals surface area contributed by atoms with Crippen molar-refractivity contribution in [1.82, 2.24) is 5.32 Å². The molecule has 0 bridgehead atoms. The van der Waals surface area contributed by atoms with Gasteiger partial charge in [0.05, 0.1) is 32.0 Å². The van der Waals surface area contributed by atoms with Gasteiger partial charge in [-0.1, -0.05) is 323 Å². The summed E-state index contributed by atoms with van der Waals surface area (Å²) >= 11 is 0. The number of hydrogen-bond donors (Lipinski definition) is 9. The molecule has 2 fully saturated rings. The zero-order chi connectivity index (χ0) is 68.7. The smallest absolute Gasteiger partial charge is 0.220 e. The van der Waals surface area contributed by atoms with Crippen molar-refractivity contribution >= 4 is 5.91 Å². The molecule has 0 aromatic carbocycles. The fourth-order valence-electron chi connectivity index (χ4n) is 12.4. The maximum absolute atomic E-state index is 13.4. The zero-order valence-corrected chi connectivity index (χ0v) is 60.1. The number of amides is 1. The Balaban J connectivity index is 1.64. The lowest BCUT2D eigenvalue weighted by Crippen LogP contribution is -2.65. The van der Waals surface area contributed by atoms with E-state index in [9.17, 15) is 45.6 Å². The average molecular weight is 1340 g/mol. The van der Waals surface area contributed by atoms with Crippen molar-refractivity contribution in [1.29, 1.82) is 0 Å². The van der Waals surface area contributed by atoms with Gasteiger partial charge in [0.25, 0.3) is 0 Å². The van der Waals surface area contributed by atoms with E-state index in [4.69, 9.17) is 18.9 Å². The predicted octanol–water partition coefficient (Wildman–Crippen LogP) is 17.3. The van der Waals surface area contributed by atoms with Gasteiger partial charge in [0.1, 0.15) is 48.8 Å². The first-order chi connectivity index (χ1) is 46.6. The Hall–Kier alpha value is -3.09. The van der Waals surface area contributed by atoms with Gasteiger partial charge in [-0.25, -0.2) is 0 Å². The third kappa shape index (κ3) is 47.6. The van der Waals surface area contributed by atoms with E-state index in [1.54, 1.807) is 6.08 Å². The summed E-state index contributed by atoms with van der Waals surface area (Å²) in [5, 5.41) is 87.6. The van der Waals surface area contributed by atoms with Crippen LogP contribution < -0.4 is 5.32 Å². The van der Waals surface area contributed by atoms with Crippen molar-refractivity contribution in [3.63, 3.8) is 0 Å². The second-order valence-corrected chi connectivity index (χ2v) is 27.1. The molecule has 9 N–H and O–H groups in total. The standard InChI is InChI=1S/C81H143NO13/c1-3-5-7-9-11-13-15-17-19-21-23-25-27-29-31-32-33-34-35-36-37-38-39-41-43-45-47-49-51-53-55-57-59-61-63-65-73(86)82-69(68-92-80-78(91)76(89)79(72(67-84)94-80)95-81-77(90)75(88)74(87)71(66-83)93-81)70(85)64-62-60-58-56-54-52-50-48-46-44-42-40-30-28-26-24-22-20-18-16-14-12-10-8-6-4-2/h5,7,11,13,17,19,23,25,29,31,33-34,54,56,62,64,69-72,74-81,83-85,87-91H,3-4,6,8-10,12,14-16,18,20-22,24,26-28,30,32,35-53,55,57-61,63,65-68H2,1-2H3,(H,82,86)/b7-5-,13-11-,19-17-,25-23-,31-29-,34-33-,56-54+,64-62+. The normalized spacial score (nSPS) is 22.9. The Morgan fingerprint density at radius 2 is 0.737 bits per heavy atom. The summed E-state index contributed by atoms with van der Waals surface area (Å²) in [5.74, 6) is -0.248. The summed E-state index contributed by atoms with van der Waals surface area (Å²) in [5.41, 5.74) is 0. The molecular weight excluding hydrogens is 1190 g/mol. The van der Waals surface area contributed by atoms with Crippen LogP contribution in [0.15, 0.2) is 97.2 Å². The van der Waals surface area contributed by atoms with Crippen LogP contribution in [-0.2, 0) is 23.7 Å². The van der Waals surface area contributed by atoms with Crippen LogP contribution in [0.4, 0.5) is 0 Å². The predicted molar refractivity (Wildman–Crippen MR) is 392 cm³/mol. The molecule has 0 spiro atoms. The summed E-state index contributed by atoms with van der Waals surface area (Å²) < 4.78 is 22.9. The lowest BCUT2D eigenvalue weighted by atomic mass is 9.97. The second kappa shape index (κ2) is 64.3. The number of hydrogen-bond acceptors (Lipinski definition) is 13. The molecule has 1 amide bonds. The number of aliphatic hydroxyl groups is 8. The lowest BCUT2D eigenvalue weighted by molar-refractivity contribution is -0.359. The van der Waals surface area contributed by atoms with Gasteiger partial charge in [-0.05, 0) is 83.5 Å². The van der Waals surface area contributed by atoms with Gasteiger partial charge >= 0.3 is 0 Å². The van der Waals surface area contributed by atoms with Crippen LogP contribution in [0.3, 0.4) is 0 Å². The van der Waals surface area contributed by atoms with Gasteiger partial charge in [0, 0.05) is 6.42 Å². The molecule has 2 heterocycles. The fourth-order valence-corrected chi connectivity index (χ4v) is 12.4. The summed E-state index contributed by atoms with van der Waals surface area (Å²) in [6.07, 6.45) is 74.8. The first kappa shape index (κ1) is 88.0. The molecule has 95 heavy (non-hydrogen) atoms. The highest BCUT2D eigenvalue weighted by Crippen LogP contribution is 2.30. The molecule has 0 aromatic rings. The lowest BCUT2D eigenvalue weighted by Gasteiger charge is -2.46. The Kier molecular flexibility index (Phi) is 59.6. The minimum Gasteiger partial charge on any atom is -0.394 e. The van der Waals surface area contributed by atoms with Crippen LogP contribution in [0.25, 0.3) is 0 Å². The molecule has 2 saturated heterocycles. The molecule has 2 aliphatic rings. The maximum Gasteiger partial charge on any atom is 0.220 e. The van der Waals surface area contributed by atoms with Crippen molar-refractivity contribution < 1.29 is 64.6 Å². The number of unbranched alkanes of at least 4 members (excludes halogenated alkanes) is 37. The quantitative estimate of drug-likeness (QED) is 0.0204. The SMILES string of the molecule is CC/C=C\C/C=C\C/C=C\C/C=C\C/C=C\C/C=C\CCCCCCCCCCCCCCCCCCC(=O)NC(COC1OC(CO)C(OC2OC(CO)C(O)C(O)C2O)C(O)C1O)C(O)/C=C/CC/C=C/CCCCCCCCCCCCCCCCCCCCCC. The highest BCUT2D eigenvalue weighted by molar-refractivity contribution is 5.76. The van der Waals surface area contributed by atoms with E-state index in [1.807, 2.05) is 6.08 Å².